The molecular weight excluding hydrogens is 238 g/mol. The van der Waals surface area contributed by atoms with Gasteiger partial charge in [0.2, 0.25) is 5.91 Å². The second-order valence-electron chi connectivity index (χ2n) is 5.00. The number of hydrogen-bond acceptors (Lipinski definition) is 2. The predicted octanol–water partition coefficient (Wildman–Crippen LogP) is 1.86. The molecule has 0 radical (unpaired) electrons. The van der Waals surface area contributed by atoms with Crippen LogP contribution in [0, 0.1) is 6.92 Å². The average molecular weight is 255 g/mol. The highest BCUT2D eigenvalue weighted by atomic mass is 16.2. The molecule has 4 nitrogen and oxygen atoms in total. The molecule has 3 rings (SSSR count). The molecule has 1 aromatic heterocycles. The fourth-order valence-electron chi connectivity index (χ4n) is 2.68. The second kappa shape index (κ2) is 4.53. The first-order valence-corrected chi connectivity index (χ1v) is 6.53. The number of benzene rings is 1. The Balaban J connectivity index is 1.81. The molecule has 1 aliphatic heterocycles. The smallest absolute Gasteiger partial charge is 0.233 e. The second-order valence-corrected chi connectivity index (χ2v) is 5.00. The van der Waals surface area contributed by atoms with Crippen molar-refractivity contribution in [1.82, 2.24) is 9.78 Å². The molecule has 0 bridgehead atoms. The summed E-state index contributed by atoms with van der Waals surface area (Å²) < 4.78 is 1.79. The molecule has 4 heteroatoms. The van der Waals surface area contributed by atoms with E-state index in [1.54, 1.807) is 4.68 Å². The van der Waals surface area contributed by atoms with Gasteiger partial charge < -0.3 is 4.90 Å². The highest BCUT2D eigenvalue weighted by molar-refractivity contribution is 5.96. The summed E-state index contributed by atoms with van der Waals surface area (Å²) in [6, 6.07) is 10.1. The van der Waals surface area contributed by atoms with Crippen LogP contribution in [0.3, 0.4) is 0 Å². The van der Waals surface area contributed by atoms with E-state index >= 15 is 0 Å². The van der Waals surface area contributed by atoms with Crippen molar-refractivity contribution in [2.45, 2.75) is 19.8 Å². The van der Waals surface area contributed by atoms with E-state index in [4.69, 9.17) is 0 Å². The lowest BCUT2D eigenvalue weighted by Crippen LogP contribution is -2.30. The lowest BCUT2D eigenvalue weighted by atomic mass is 10.2. The van der Waals surface area contributed by atoms with Crippen LogP contribution in [0.4, 0.5) is 5.69 Å². The van der Waals surface area contributed by atoms with Crippen LogP contribution in [-0.2, 0) is 24.7 Å². The molecule has 1 aromatic carbocycles. The maximum absolute atomic E-state index is 12.4. The van der Waals surface area contributed by atoms with E-state index < -0.39 is 0 Å². The number of anilines is 1. The number of amides is 1. The molecule has 2 heterocycles. The SMILES string of the molecule is Cc1cc(CC(=O)N2CCc3ccccc32)n(C)n1. The van der Waals surface area contributed by atoms with Gasteiger partial charge in [-0.15, -0.1) is 0 Å². The fourth-order valence-corrected chi connectivity index (χ4v) is 2.68. The fraction of sp³-hybridized carbons (Fsp3) is 0.333. The van der Waals surface area contributed by atoms with Crippen LogP contribution >= 0.6 is 0 Å². The predicted molar refractivity (Wildman–Crippen MR) is 74.1 cm³/mol. The topological polar surface area (TPSA) is 38.1 Å². The van der Waals surface area contributed by atoms with Crippen molar-refractivity contribution in [3.05, 3.63) is 47.3 Å². The Hall–Kier alpha value is -2.10. The number of para-hydroxylation sites is 1. The Morgan fingerprint density at radius 2 is 2.16 bits per heavy atom. The number of fused-ring (bicyclic) bond motifs is 1. The summed E-state index contributed by atoms with van der Waals surface area (Å²) in [5.74, 6) is 0.146. The van der Waals surface area contributed by atoms with E-state index in [0.717, 1.165) is 30.0 Å². The lowest BCUT2D eigenvalue weighted by Gasteiger charge is -2.17. The number of aromatic nitrogens is 2. The van der Waals surface area contributed by atoms with E-state index in [1.165, 1.54) is 5.56 Å². The highest BCUT2D eigenvalue weighted by Crippen LogP contribution is 2.27. The molecule has 1 amide bonds. The first-order chi connectivity index (χ1) is 9.15. The van der Waals surface area contributed by atoms with Gasteiger partial charge >= 0.3 is 0 Å². The van der Waals surface area contributed by atoms with Gasteiger partial charge in [-0.2, -0.15) is 5.10 Å². The maximum Gasteiger partial charge on any atom is 0.233 e. The third kappa shape index (κ3) is 2.14. The summed E-state index contributed by atoms with van der Waals surface area (Å²) in [5, 5.41) is 4.28. The molecule has 0 aliphatic carbocycles. The molecule has 19 heavy (non-hydrogen) atoms. The van der Waals surface area contributed by atoms with Crippen LogP contribution in [0.2, 0.25) is 0 Å². The van der Waals surface area contributed by atoms with E-state index in [1.807, 2.05) is 43.1 Å². The number of carbonyl (C=O) groups excluding carboxylic acids is 1. The third-order valence-electron chi connectivity index (χ3n) is 3.62. The summed E-state index contributed by atoms with van der Waals surface area (Å²) in [5.41, 5.74) is 4.24. The van der Waals surface area contributed by atoms with Gasteiger partial charge in [0, 0.05) is 25.0 Å². The van der Waals surface area contributed by atoms with Gasteiger partial charge in [0.25, 0.3) is 0 Å². The molecule has 2 aromatic rings. The molecular formula is C15H17N3O. The van der Waals surface area contributed by atoms with Gasteiger partial charge in [0.05, 0.1) is 12.1 Å². The summed E-state index contributed by atoms with van der Waals surface area (Å²) in [4.78, 5) is 14.3. The molecule has 0 N–H and O–H groups in total. The molecule has 98 valence electrons. The van der Waals surface area contributed by atoms with Crippen molar-refractivity contribution in [1.29, 1.82) is 0 Å². The maximum atomic E-state index is 12.4. The highest BCUT2D eigenvalue weighted by Gasteiger charge is 2.24. The molecule has 0 fully saturated rings. The van der Waals surface area contributed by atoms with Crippen LogP contribution in [0.15, 0.2) is 30.3 Å². The molecule has 0 spiro atoms. The van der Waals surface area contributed by atoms with Crippen molar-refractivity contribution in [2.75, 3.05) is 11.4 Å². The lowest BCUT2D eigenvalue weighted by molar-refractivity contribution is -0.118. The van der Waals surface area contributed by atoms with Gasteiger partial charge in [-0.3, -0.25) is 9.48 Å². The van der Waals surface area contributed by atoms with E-state index in [2.05, 4.69) is 11.2 Å². The first-order valence-electron chi connectivity index (χ1n) is 6.53. The summed E-state index contributed by atoms with van der Waals surface area (Å²) in [6.07, 6.45) is 1.36. The van der Waals surface area contributed by atoms with Gasteiger partial charge in [-0.1, -0.05) is 18.2 Å². The number of carbonyl (C=O) groups is 1. The largest absolute Gasteiger partial charge is 0.311 e. The standard InChI is InChI=1S/C15H17N3O/c1-11-9-13(17(2)16-11)10-15(19)18-8-7-12-5-3-4-6-14(12)18/h3-6,9H,7-8,10H2,1-2H3. The normalized spacial score (nSPS) is 13.7. The quantitative estimate of drug-likeness (QED) is 0.821. The molecule has 0 saturated heterocycles. The average Bonchev–Trinajstić information content (AvgIpc) is 2.93. The number of aryl methyl sites for hydroxylation is 2. The van der Waals surface area contributed by atoms with Crippen LogP contribution in [0.1, 0.15) is 17.0 Å². The Labute approximate surface area is 112 Å². The van der Waals surface area contributed by atoms with Gasteiger partial charge in [0.15, 0.2) is 0 Å². The first kappa shape index (κ1) is 12.0. The van der Waals surface area contributed by atoms with Gasteiger partial charge in [-0.05, 0) is 31.0 Å². The monoisotopic (exact) mass is 255 g/mol. The van der Waals surface area contributed by atoms with E-state index in [9.17, 15) is 4.79 Å². The van der Waals surface area contributed by atoms with Crippen molar-refractivity contribution in [2.24, 2.45) is 7.05 Å². The Morgan fingerprint density at radius 3 is 2.89 bits per heavy atom. The molecule has 0 saturated carbocycles. The van der Waals surface area contributed by atoms with Crippen molar-refractivity contribution in [3.63, 3.8) is 0 Å². The number of rotatable bonds is 2. The molecule has 0 unspecified atom stereocenters. The number of hydrogen-bond donors (Lipinski definition) is 0. The zero-order valence-corrected chi connectivity index (χ0v) is 11.3. The minimum Gasteiger partial charge on any atom is -0.311 e. The van der Waals surface area contributed by atoms with Gasteiger partial charge in [0.1, 0.15) is 0 Å². The third-order valence-corrected chi connectivity index (χ3v) is 3.62. The van der Waals surface area contributed by atoms with E-state index in [-0.39, 0.29) is 5.91 Å². The molecule has 1 aliphatic rings. The van der Waals surface area contributed by atoms with Crippen LogP contribution in [-0.4, -0.2) is 22.2 Å². The Kier molecular flexibility index (Phi) is 2.85. The minimum atomic E-state index is 0.146. The van der Waals surface area contributed by atoms with Crippen LogP contribution < -0.4 is 4.90 Å². The summed E-state index contributed by atoms with van der Waals surface area (Å²) in [6.45, 7) is 2.73. The minimum absolute atomic E-state index is 0.146. The Morgan fingerprint density at radius 1 is 1.37 bits per heavy atom. The Bertz CT molecular complexity index is 630. The van der Waals surface area contributed by atoms with Crippen molar-refractivity contribution in [3.8, 4) is 0 Å². The zero-order valence-electron chi connectivity index (χ0n) is 11.3. The van der Waals surface area contributed by atoms with Crippen LogP contribution in [0.5, 0.6) is 0 Å². The number of nitrogens with zero attached hydrogens (tertiary/aromatic N) is 3. The molecule has 0 atom stereocenters. The van der Waals surface area contributed by atoms with E-state index in [0.29, 0.717) is 6.42 Å². The summed E-state index contributed by atoms with van der Waals surface area (Å²) >= 11 is 0. The summed E-state index contributed by atoms with van der Waals surface area (Å²) in [7, 11) is 1.88. The zero-order chi connectivity index (χ0) is 13.4. The van der Waals surface area contributed by atoms with Crippen molar-refractivity contribution >= 4 is 11.6 Å². The van der Waals surface area contributed by atoms with Gasteiger partial charge in [-0.25, -0.2) is 0 Å². The van der Waals surface area contributed by atoms with Crippen LogP contribution in [0.25, 0.3) is 0 Å². The van der Waals surface area contributed by atoms with Crippen molar-refractivity contribution < 1.29 is 4.79 Å².